The van der Waals surface area contributed by atoms with Crippen molar-refractivity contribution in [3.05, 3.63) is 0 Å². The third-order valence-corrected chi connectivity index (χ3v) is 11.1. The van der Waals surface area contributed by atoms with Crippen molar-refractivity contribution < 1.29 is 29.1 Å². The number of carboxylic acids is 1. The van der Waals surface area contributed by atoms with Crippen LogP contribution in [0.25, 0.3) is 0 Å². The molecule has 9 nitrogen and oxygen atoms in total. The lowest BCUT2D eigenvalue weighted by atomic mass is 10.2. The van der Waals surface area contributed by atoms with E-state index in [2.05, 4.69) is 5.32 Å². The molecule has 2 saturated heterocycles. The highest BCUT2D eigenvalue weighted by Gasteiger charge is 2.51. The Morgan fingerprint density at radius 2 is 1.93 bits per heavy atom. The second-order valence-corrected chi connectivity index (χ2v) is 13.4. The molecule has 0 bridgehead atoms. The van der Waals surface area contributed by atoms with Gasteiger partial charge in [0.05, 0.1) is 16.3 Å². The number of rotatable bonds is 8. The molecule has 2 atom stereocenters. The Kier molecular flexibility index (Phi) is 7.84. The zero-order chi connectivity index (χ0) is 21.1. The van der Waals surface area contributed by atoms with Crippen molar-refractivity contribution in [2.75, 3.05) is 37.8 Å². The first kappa shape index (κ1) is 23.5. The van der Waals surface area contributed by atoms with Gasteiger partial charge in [-0.2, -0.15) is 0 Å². The molecule has 2 rings (SSSR count). The van der Waals surface area contributed by atoms with Gasteiger partial charge >= 0.3 is 14.5 Å². The van der Waals surface area contributed by atoms with E-state index in [-0.39, 0.29) is 28.6 Å². The van der Waals surface area contributed by atoms with Crippen LogP contribution in [0.15, 0.2) is 0 Å². The first-order valence-electron chi connectivity index (χ1n) is 9.20. The SMILES string of the molecule is CC[C@H](NC(C)=O)[Si](O)(O)CN(C)CC(=O)N1CC2(C[C@H]1C(=O)O)SCCS2. The van der Waals surface area contributed by atoms with Crippen LogP contribution in [0.5, 0.6) is 0 Å². The number of carbonyl (C=O) groups excluding carboxylic acids is 2. The molecule has 1 spiro atoms. The molecule has 0 aromatic carbocycles. The van der Waals surface area contributed by atoms with Gasteiger partial charge in [0, 0.05) is 37.6 Å². The number of hydrogen-bond donors (Lipinski definition) is 4. The molecule has 12 heteroatoms. The molecule has 0 aliphatic carbocycles. The number of nitrogens with zero attached hydrogens (tertiary/aromatic N) is 2. The lowest BCUT2D eigenvalue weighted by Crippen LogP contribution is -2.63. The summed E-state index contributed by atoms with van der Waals surface area (Å²) in [4.78, 5) is 59.6. The summed E-state index contributed by atoms with van der Waals surface area (Å²) >= 11 is 3.43. The highest BCUT2D eigenvalue weighted by molar-refractivity contribution is 8.21. The Balaban J connectivity index is 2.00. The van der Waals surface area contributed by atoms with E-state index in [1.807, 2.05) is 0 Å². The van der Waals surface area contributed by atoms with Gasteiger partial charge in [0.25, 0.3) is 0 Å². The standard InChI is InChI=1S/C16H29N3O6S2Si/c1-4-13(17-11(2)20)28(24,25)10-18(3)8-14(21)19-9-16(26-5-6-27-16)7-12(19)15(22)23/h12-13,24-25H,4-10H2,1-3H3,(H,17,20)(H,22,23)/t12-,13+/m0/s1. The smallest absolute Gasteiger partial charge is 0.370 e. The fraction of sp³-hybridized carbons (Fsp3) is 0.812. The van der Waals surface area contributed by atoms with Crippen molar-refractivity contribution in [2.24, 2.45) is 0 Å². The van der Waals surface area contributed by atoms with Crippen LogP contribution < -0.4 is 5.32 Å². The number of thioether (sulfide) groups is 2. The molecular weight excluding hydrogens is 422 g/mol. The lowest BCUT2D eigenvalue weighted by molar-refractivity contribution is -0.148. The Morgan fingerprint density at radius 1 is 1.32 bits per heavy atom. The van der Waals surface area contributed by atoms with Crippen LogP contribution in [0.4, 0.5) is 0 Å². The highest BCUT2D eigenvalue weighted by Crippen LogP contribution is 2.51. The van der Waals surface area contributed by atoms with Gasteiger partial charge in [-0.25, -0.2) is 4.79 Å². The first-order valence-corrected chi connectivity index (χ1v) is 13.4. The van der Waals surface area contributed by atoms with E-state index in [1.54, 1.807) is 37.5 Å². The number of carboxylic acid groups (broad SMARTS) is 1. The number of amides is 2. The molecule has 4 N–H and O–H groups in total. The summed E-state index contributed by atoms with van der Waals surface area (Å²) in [5, 5.41) is 12.1. The predicted octanol–water partition coefficient (Wildman–Crippen LogP) is -0.800. The van der Waals surface area contributed by atoms with E-state index in [9.17, 15) is 29.1 Å². The van der Waals surface area contributed by atoms with Crippen LogP contribution in [0.2, 0.25) is 0 Å². The van der Waals surface area contributed by atoms with Gasteiger partial charge in [-0.05, 0) is 13.5 Å². The van der Waals surface area contributed by atoms with Gasteiger partial charge < -0.3 is 24.9 Å². The van der Waals surface area contributed by atoms with Crippen molar-refractivity contribution in [1.82, 2.24) is 15.1 Å². The summed E-state index contributed by atoms with van der Waals surface area (Å²) in [6.45, 7) is 3.34. The van der Waals surface area contributed by atoms with Crippen LogP contribution in [-0.4, -0.2) is 104 Å². The van der Waals surface area contributed by atoms with Crippen LogP contribution in [0.1, 0.15) is 26.7 Å². The predicted molar refractivity (Wildman–Crippen MR) is 111 cm³/mol. The van der Waals surface area contributed by atoms with Crippen molar-refractivity contribution in [2.45, 2.75) is 42.5 Å². The maximum absolute atomic E-state index is 12.8. The summed E-state index contributed by atoms with van der Waals surface area (Å²) in [6, 6.07) is -0.855. The monoisotopic (exact) mass is 451 g/mol. The molecule has 160 valence electrons. The van der Waals surface area contributed by atoms with Crippen LogP contribution in [0, 0.1) is 0 Å². The second kappa shape index (κ2) is 9.35. The molecule has 2 amide bonds. The Labute approximate surface area is 174 Å². The maximum atomic E-state index is 12.8. The molecule has 0 saturated carbocycles. The quantitative estimate of drug-likeness (QED) is 0.350. The minimum absolute atomic E-state index is 0.110. The van der Waals surface area contributed by atoms with E-state index in [1.165, 1.54) is 16.7 Å². The third-order valence-electron chi connectivity index (χ3n) is 4.96. The first-order chi connectivity index (χ1) is 13.0. The maximum Gasteiger partial charge on any atom is 0.370 e. The van der Waals surface area contributed by atoms with Gasteiger partial charge in [0.2, 0.25) is 11.8 Å². The van der Waals surface area contributed by atoms with E-state index in [0.717, 1.165) is 11.5 Å². The molecule has 0 radical (unpaired) electrons. The van der Waals surface area contributed by atoms with Gasteiger partial charge in [0.15, 0.2) is 0 Å². The summed E-state index contributed by atoms with van der Waals surface area (Å²) in [7, 11) is -2.25. The Bertz CT molecular complexity index is 617. The molecule has 0 aromatic heterocycles. The van der Waals surface area contributed by atoms with E-state index >= 15 is 0 Å². The summed E-state index contributed by atoms with van der Waals surface area (Å²) in [5.41, 5.74) is -0.740. The van der Waals surface area contributed by atoms with Gasteiger partial charge in [0.1, 0.15) is 6.04 Å². The molecule has 0 aromatic rings. The number of nitrogens with one attached hydrogen (secondary N) is 1. The molecule has 2 aliphatic heterocycles. The lowest BCUT2D eigenvalue weighted by Gasteiger charge is -2.32. The van der Waals surface area contributed by atoms with E-state index < -0.39 is 26.2 Å². The van der Waals surface area contributed by atoms with Crippen molar-refractivity contribution >= 4 is 49.9 Å². The minimum Gasteiger partial charge on any atom is -0.480 e. The van der Waals surface area contributed by atoms with Crippen LogP contribution in [0.3, 0.4) is 0 Å². The second-order valence-electron chi connectivity index (χ2n) is 7.40. The summed E-state index contributed by atoms with van der Waals surface area (Å²) in [6.07, 6.45) is 0.661. The fourth-order valence-electron chi connectivity index (χ4n) is 3.70. The number of hydrogen-bond acceptors (Lipinski definition) is 8. The molecule has 2 aliphatic rings. The zero-order valence-electron chi connectivity index (χ0n) is 16.4. The van der Waals surface area contributed by atoms with Crippen molar-refractivity contribution in [1.29, 1.82) is 0 Å². The highest BCUT2D eigenvalue weighted by atomic mass is 32.2. The third kappa shape index (κ3) is 5.63. The number of likely N-dealkylation sites (tertiary alicyclic amines) is 1. The largest absolute Gasteiger partial charge is 0.480 e. The topological polar surface area (TPSA) is 130 Å². The number of carbonyl (C=O) groups is 3. The molecular formula is C16H29N3O6S2Si. The van der Waals surface area contributed by atoms with Crippen LogP contribution >= 0.6 is 23.5 Å². The van der Waals surface area contributed by atoms with E-state index in [0.29, 0.717) is 19.4 Å². The average Bonchev–Trinajstić information content (AvgIpc) is 3.19. The zero-order valence-corrected chi connectivity index (χ0v) is 19.0. The minimum atomic E-state index is -3.84. The van der Waals surface area contributed by atoms with Crippen LogP contribution in [-0.2, 0) is 14.4 Å². The van der Waals surface area contributed by atoms with Gasteiger partial charge in [-0.3, -0.25) is 14.5 Å². The van der Waals surface area contributed by atoms with Gasteiger partial charge in [-0.1, -0.05) is 6.92 Å². The summed E-state index contributed by atoms with van der Waals surface area (Å²) < 4.78 is -0.248. The fourth-order valence-corrected chi connectivity index (χ4v) is 9.17. The van der Waals surface area contributed by atoms with E-state index in [4.69, 9.17) is 0 Å². The van der Waals surface area contributed by atoms with Crippen molar-refractivity contribution in [3.63, 3.8) is 0 Å². The normalized spacial score (nSPS) is 22.6. The molecule has 0 unspecified atom stereocenters. The Morgan fingerprint density at radius 3 is 2.43 bits per heavy atom. The Hall–Kier alpha value is -0.793. The molecule has 28 heavy (non-hydrogen) atoms. The average molecular weight is 452 g/mol. The molecule has 2 heterocycles. The molecule has 2 fully saturated rings. The number of aliphatic carboxylic acids is 1. The summed E-state index contributed by atoms with van der Waals surface area (Å²) in [5.74, 6) is 0.208. The number of likely N-dealkylation sites (N-methyl/N-ethyl adjacent to an activating group) is 1. The van der Waals surface area contributed by atoms with Gasteiger partial charge in [-0.15, -0.1) is 23.5 Å². The van der Waals surface area contributed by atoms with Crippen molar-refractivity contribution in [3.8, 4) is 0 Å².